The van der Waals surface area contributed by atoms with Crippen molar-refractivity contribution >= 4 is 17.2 Å². The summed E-state index contributed by atoms with van der Waals surface area (Å²) in [5.74, 6) is 0.0231. The van der Waals surface area contributed by atoms with Crippen molar-refractivity contribution in [1.29, 1.82) is 0 Å². The Hall–Kier alpha value is -1.62. The van der Waals surface area contributed by atoms with Gasteiger partial charge in [-0.1, -0.05) is 13.3 Å². The number of hydrogen-bond donors (Lipinski definition) is 2. The maximum atomic E-state index is 12.0. The number of aryl methyl sites for hydroxylation is 2. The van der Waals surface area contributed by atoms with Gasteiger partial charge in [0.1, 0.15) is 0 Å². The van der Waals surface area contributed by atoms with Gasteiger partial charge in [0.15, 0.2) is 0 Å². The molecule has 4 nitrogen and oxygen atoms in total. The molecule has 0 atom stereocenters. The number of aromatic amines is 1. The number of thiophene rings is 1. The third-order valence-corrected chi connectivity index (χ3v) is 4.09. The molecule has 5 heteroatoms. The van der Waals surface area contributed by atoms with E-state index >= 15 is 0 Å². The number of nitrogens with one attached hydrogen (secondary N) is 2. The van der Waals surface area contributed by atoms with Crippen molar-refractivity contribution < 1.29 is 4.79 Å². The fourth-order valence-corrected chi connectivity index (χ4v) is 2.96. The Morgan fingerprint density at radius 3 is 3.00 bits per heavy atom. The van der Waals surface area contributed by atoms with E-state index in [1.165, 1.54) is 10.4 Å². The first-order chi connectivity index (χ1) is 9.20. The SMILES string of the molecule is CCCc1cc(C(=O)NCCc2cnc[nH]2)sc1C. The van der Waals surface area contributed by atoms with Crippen LogP contribution in [-0.4, -0.2) is 22.4 Å². The second-order valence-corrected chi connectivity index (χ2v) is 5.78. The Bertz CT molecular complexity index is 531. The minimum atomic E-state index is 0.0231. The number of carbonyl (C=O) groups excluding carboxylic acids is 1. The minimum Gasteiger partial charge on any atom is -0.351 e. The van der Waals surface area contributed by atoms with Crippen LogP contribution in [0.3, 0.4) is 0 Å². The lowest BCUT2D eigenvalue weighted by Crippen LogP contribution is -2.24. The number of H-pyrrole nitrogens is 1. The quantitative estimate of drug-likeness (QED) is 0.853. The maximum absolute atomic E-state index is 12.0. The van der Waals surface area contributed by atoms with Crippen LogP contribution in [0.15, 0.2) is 18.6 Å². The van der Waals surface area contributed by atoms with E-state index in [2.05, 4.69) is 29.1 Å². The van der Waals surface area contributed by atoms with E-state index in [9.17, 15) is 4.79 Å². The molecule has 2 heterocycles. The van der Waals surface area contributed by atoms with E-state index in [1.807, 2.05) is 6.07 Å². The van der Waals surface area contributed by atoms with E-state index < -0.39 is 0 Å². The van der Waals surface area contributed by atoms with Crippen LogP contribution in [0.5, 0.6) is 0 Å². The molecule has 0 saturated heterocycles. The van der Waals surface area contributed by atoms with Gasteiger partial charge in [-0.2, -0.15) is 0 Å². The van der Waals surface area contributed by atoms with E-state index in [-0.39, 0.29) is 5.91 Å². The van der Waals surface area contributed by atoms with Gasteiger partial charge in [-0.15, -0.1) is 11.3 Å². The third-order valence-electron chi connectivity index (χ3n) is 3.00. The number of aromatic nitrogens is 2. The van der Waals surface area contributed by atoms with Crippen LogP contribution in [0.1, 0.15) is 39.2 Å². The summed E-state index contributed by atoms with van der Waals surface area (Å²) in [6.07, 6.45) is 6.36. The predicted octanol–water partition coefficient (Wildman–Crippen LogP) is 2.70. The molecule has 2 aromatic rings. The molecule has 0 bridgehead atoms. The lowest BCUT2D eigenvalue weighted by atomic mass is 10.1. The zero-order chi connectivity index (χ0) is 13.7. The molecule has 102 valence electrons. The summed E-state index contributed by atoms with van der Waals surface area (Å²) in [6.45, 7) is 4.86. The second-order valence-electron chi connectivity index (χ2n) is 4.52. The zero-order valence-corrected chi connectivity index (χ0v) is 12.1. The summed E-state index contributed by atoms with van der Waals surface area (Å²) in [5, 5.41) is 2.94. The fraction of sp³-hybridized carbons (Fsp3) is 0.429. The number of carbonyl (C=O) groups is 1. The molecule has 2 N–H and O–H groups in total. The summed E-state index contributed by atoms with van der Waals surface area (Å²) in [6, 6.07) is 2.02. The third kappa shape index (κ3) is 3.67. The van der Waals surface area contributed by atoms with E-state index in [0.29, 0.717) is 6.54 Å². The van der Waals surface area contributed by atoms with Crippen LogP contribution in [0.4, 0.5) is 0 Å². The van der Waals surface area contributed by atoms with Gasteiger partial charge >= 0.3 is 0 Å². The molecule has 1 amide bonds. The van der Waals surface area contributed by atoms with Gasteiger partial charge in [0, 0.05) is 29.7 Å². The van der Waals surface area contributed by atoms with Crippen molar-refractivity contribution in [2.24, 2.45) is 0 Å². The smallest absolute Gasteiger partial charge is 0.261 e. The van der Waals surface area contributed by atoms with Gasteiger partial charge in [-0.3, -0.25) is 4.79 Å². The van der Waals surface area contributed by atoms with Crippen LogP contribution >= 0.6 is 11.3 Å². The van der Waals surface area contributed by atoms with Crippen molar-refractivity contribution in [3.8, 4) is 0 Å². The molecule has 0 aliphatic carbocycles. The van der Waals surface area contributed by atoms with Crippen LogP contribution in [0.25, 0.3) is 0 Å². The Morgan fingerprint density at radius 1 is 1.47 bits per heavy atom. The highest BCUT2D eigenvalue weighted by molar-refractivity contribution is 7.14. The minimum absolute atomic E-state index is 0.0231. The Morgan fingerprint density at radius 2 is 2.32 bits per heavy atom. The molecule has 2 rings (SSSR count). The fourth-order valence-electron chi connectivity index (χ4n) is 1.97. The molecule has 0 saturated carbocycles. The van der Waals surface area contributed by atoms with Crippen LogP contribution in [-0.2, 0) is 12.8 Å². The number of hydrogen-bond acceptors (Lipinski definition) is 3. The zero-order valence-electron chi connectivity index (χ0n) is 11.3. The van der Waals surface area contributed by atoms with Gasteiger partial charge < -0.3 is 10.3 Å². The molecular formula is C14H19N3OS. The highest BCUT2D eigenvalue weighted by Crippen LogP contribution is 2.22. The summed E-state index contributed by atoms with van der Waals surface area (Å²) < 4.78 is 0. The number of nitrogens with zero attached hydrogens (tertiary/aromatic N) is 1. The lowest BCUT2D eigenvalue weighted by Gasteiger charge is -2.01. The van der Waals surface area contributed by atoms with Crippen molar-refractivity contribution in [3.63, 3.8) is 0 Å². The molecular weight excluding hydrogens is 258 g/mol. The predicted molar refractivity (Wildman–Crippen MR) is 77.7 cm³/mol. The van der Waals surface area contributed by atoms with Gasteiger partial charge in [0.2, 0.25) is 0 Å². The van der Waals surface area contributed by atoms with E-state index in [4.69, 9.17) is 0 Å². The molecule has 0 aliphatic rings. The van der Waals surface area contributed by atoms with Gasteiger partial charge in [-0.25, -0.2) is 4.98 Å². The average molecular weight is 277 g/mol. The normalized spacial score (nSPS) is 10.6. The molecule has 0 aliphatic heterocycles. The lowest BCUT2D eigenvalue weighted by molar-refractivity contribution is 0.0958. The van der Waals surface area contributed by atoms with Crippen LogP contribution in [0, 0.1) is 6.92 Å². The first-order valence-electron chi connectivity index (χ1n) is 6.55. The maximum Gasteiger partial charge on any atom is 0.261 e. The highest BCUT2D eigenvalue weighted by Gasteiger charge is 2.11. The largest absolute Gasteiger partial charge is 0.351 e. The first kappa shape index (κ1) is 13.8. The molecule has 19 heavy (non-hydrogen) atoms. The molecule has 0 spiro atoms. The van der Waals surface area contributed by atoms with E-state index in [0.717, 1.165) is 29.8 Å². The van der Waals surface area contributed by atoms with Gasteiger partial charge in [-0.05, 0) is 25.0 Å². The van der Waals surface area contributed by atoms with Crippen molar-refractivity contribution in [3.05, 3.63) is 39.6 Å². The van der Waals surface area contributed by atoms with Crippen molar-refractivity contribution in [2.45, 2.75) is 33.1 Å². The Balaban J connectivity index is 1.87. The number of rotatable bonds is 6. The number of amides is 1. The summed E-state index contributed by atoms with van der Waals surface area (Å²) >= 11 is 1.58. The standard InChI is InChI=1S/C14H19N3OS/c1-3-4-11-7-13(19-10(11)2)14(18)16-6-5-12-8-15-9-17-12/h7-9H,3-6H2,1-2H3,(H,15,17)(H,16,18). The summed E-state index contributed by atoms with van der Waals surface area (Å²) in [7, 11) is 0. The Labute approximate surface area is 117 Å². The molecule has 0 fully saturated rings. The van der Waals surface area contributed by atoms with Gasteiger partial charge in [0.25, 0.3) is 5.91 Å². The summed E-state index contributed by atoms with van der Waals surface area (Å²) in [4.78, 5) is 21.0. The molecule has 0 radical (unpaired) electrons. The first-order valence-corrected chi connectivity index (χ1v) is 7.37. The molecule has 2 aromatic heterocycles. The molecule has 0 aromatic carbocycles. The topological polar surface area (TPSA) is 57.8 Å². The monoisotopic (exact) mass is 277 g/mol. The van der Waals surface area contributed by atoms with Gasteiger partial charge in [0.05, 0.1) is 11.2 Å². The average Bonchev–Trinajstić information content (AvgIpc) is 3.01. The second kappa shape index (κ2) is 6.52. The van der Waals surface area contributed by atoms with Crippen molar-refractivity contribution in [1.82, 2.24) is 15.3 Å². The Kier molecular flexibility index (Phi) is 4.74. The van der Waals surface area contributed by atoms with Crippen LogP contribution in [0.2, 0.25) is 0 Å². The van der Waals surface area contributed by atoms with E-state index in [1.54, 1.807) is 23.9 Å². The number of imidazole rings is 1. The molecule has 0 unspecified atom stereocenters. The highest BCUT2D eigenvalue weighted by atomic mass is 32.1. The van der Waals surface area contributed by atoms with Crippen molar-refractivity contribution in [2.75, 3.05) is 6.54 Å². The summed E-state index contributed by atoms with van der Waals surface area (Å²) in [5.41, 5.74) is 2.33. The van der Waals surface area contributed by atoms with Crippen LogP contribution < -0.4 is 5.32 Å².